The summed E-state index contributed by atoms with van der Waals surface area (Å²) in [7, 11) is 0. The Hall–Kier alpha value is -3.09. The number of rotatable bonds is 5. The predicted octanol–water partition coefficient (Wildman–Crippen LogP) is 1.61. The number of aromatic carboxylic acids is 2. The molecule has 21 heavy (non-hydrogen) atoms. The third-order valence-corrected chi connectivity index (χ3v) is 2.74. The first-order valence-electron chi connectivity index (χ1n) is 5.90. The van der Waals surface area contributed by atoms with E-state index in [-0.39, 0.29) is 23.2 Å². The van der Waals surface area contributed by atoms with Crippen molar-refractivity contribution in [3.8, 4) is 0 Å². The lowest BCUT2D eigenvalue weighted by atomic mass is 10.0. The van der Waals surface area contributed by atoms with Crippen LogP contribution in [0.1, 0.15) is 36.8 Å². The van der Waals surface area contributed by atoms with E-state index in [9.17, 15) is 14.4 Å². The summed E-state index contributed by atoms with van der Waals surface area (Å²) < 4.78 is 5.04. The fourth-order valence-corrected chi connectivity index (χ4v) is 1.73. The number of amides is 1. The van der Waals surface area contributed by atoms with E-state index in [1.807, 2.05) is 0 Å². The van der Waals surface area contributed by atoms with Gasteiger partial charge in [-0.1, -0.05) is 0 Å². The number of benzene rings is 1. The first-order valence-corrected chi connectivity index (χ1v) is 5.90. The van der Waals surface area contributed by atoms with Crippen molar-refractivity contribution in [3.05, 3.63) is 59.0 Å². The van der Waals surface area contributed by atoms with Crippen molar-refractivity contribution in [2.24, 2.45) is 0 Å². The highest BCUT2D eigenvalue weighted by molar-refractivity contribution is 6.06. The molecule has 0 aliphatic carbocycles. The second kappa shape index (κ2) is 5.91. The Kier molecular flexibility index (Phi) is 4.03. The van der Waals surface area contributed by atoms with Gasteiger partial charge in [0.05, 0.1) is 29.5 Å². The number of hydrogen-bond donors (Lipinski definition) is 3. The second-order valence-electron chi connectivity index (χ2n) is 4.13. The van der Waals surface area contributed by atoms with Crippen molar-refractivity contribution >= 4 is 17.8 Å². The highest BCUT2D eigenvalue weighted by atomic mass is 16.4. The Morgan fingerprint density at radius 2 is 1.81 bits per heavy atom. The maximum absolute atomic E-state index is 12.0. The lowest BCUT2D eigenvalue weighted by Gasteiger charge is -2.07. The van der Waals surface area contributed by atoms with Gasteiger partial charge in [0.25, 0.3) is 5.91 Å². The van der Waals surface area contributed by atoms with Gasteiger partial charge in [-0.3, -0.25) is 4.79 Å². The summed E-state index contributed by atoms with van der Waals surface area (Å²) >= 11 is 0. The third-order valence-electron chi connectivity index (χ3n) is 2.74. The number of nitrogens with one attached hydrogen (secondary N) is 1. The molecular weight excluding hydrogens is 278 g/mol. The first-order chi connectivity index (χ1) is 9.99. The zero-order valence-corrected chi connectivity index (χ0v) is 10.7. The van der Waals surface area contributed by atoms with Crippen molar-refractivity contribution in [1.29, 1.82) is 0 Å². The van der Waals surface area contributed by atoms with Crippen LogP contribution in [0.25, 0.3) is 0 Å². The van der Waals surface area contributed by atoms with Gasteiger partial charge in [-0.05, 0) is 30.3 Å². The van der Waals surface area contributed by atoms with Gasteiger partial charge in [-0.25, -0.2) is 9.59 Å². The van der Waals surface area contributed by atoms with E-state index >= 15 is 0 Å². The van der Waals surface area contributed by atoms with Gasteiger partial charge in [0.15, 0.2) is 0 Å². The number of carbonyl (C=O) groups is 3. The van der Waals surface area contributed by atoms with Gasteiger partial charge in [-0.2, -0.15) is 0 Å². The summed E-state index contributed by atoms with van der Waals surface area (Å²) in [6.45, 7) is 0.103. The van der Waals surface area contributed by atoms with Crippen LogP contribution in [0.3, 0.4) is 0 Å². The van der Waals surface area contributed by atoms with E-state index in [2.05, 4.69) is 5.32 Å². The Balaban J connectivity index is 2.23. The van der Waals surface area contributed by atoms with Gasteiger partial charge >= 0.3 is 11.9 Å². The molecule has 1 aromatic carbocycles. The number of furan rings is 1. The van der Waals surface area contributed by atoms with Crippen LogP contribution in [0.15, 0.2) is 41.0 Å². The molecule has 0 unspecified atom stereocenters. The van der Waals surface area contributed by atoms with E-state index in [4.69, 9.17) is 14.6 Å². The fraction of sp³-hybridized carbons (Fsp3) is 0.0714. The molecule has 1 amide bonds. The Bertz CT molecular complexity index is 689. The topological polar surface area (TPSA) is 117 Å². The highest BCUT2D eigenvalue weighted by Gasteiger charge is 2.19. The molecular formula is C14H11NO6. The Labute approximate surface area is 118 Å². The van der Waals surface area contributed by atoms with E-state index < -0.39 is 17.8 Å². The number of carboxylic acids is 2. The molecule has 0 aliphatic rings. The van der Waals surface area contributed by atoms with Crippen LogP contribution in [0.5, 0.6) is 0 Å². The minimum atomic E-state index is -1.37. The maximum Gasteiger partial charge on any atom is 0.336 e. The molecule has 0 saturated heterocycles. The van der Waals surface area contributed by atoms with Crippen LogP contribution in [0, 0.1) is 0 Å². The van der Waals surface area contributed by atoms with Gasteiger partial charge < -0.3 is 19.9 Å². The number of carbonyl (C=O) groups excluding carboxylic acids is 1. The molecule has 0 aliphatic heterocycles. The fourth-order valence-electron chi connectivity index (χ4n) is 1.73. The van der Waals surface area contributed by atoms with Crippen molar-refractivity contribution < 1.29 is 29.0 Å². The molecule has 0 atom stereocenters. The van der Waals surface area contributed by atoms with Gasteiger partial charge in [0, 0.05) is 0 Å². The summed E-state index contributed by atoms with van der Waals surface area (Å²) in [6, 6.07) is 6.62. The molecule has 7 nitrogen and oxygen atoms in total. The summed E-state index contributed by atoms with van der Waals surface area (Å²) in [5.74, 6) is -2.75. The third kappa shape index (κ3) is 3.27. The van der Waals surface area contributed by atoms with Crippen LogP contribution in [-0.4, -0.2) is 28.1 Å². The summed E-state index contributed by atoms with van der Waals surface area (Å²) in [5, 5.41) is 20.4. The van der Waals surface area contributed by atoms with Crippen molar-refractivity contribution in [2.75, 3.05) is 0 Å². The first kappa shape index (κ1) is 14.3. The molecule has 108 valence electrons. The summed E-state index contributed by atoms with van der Waals surface area (Å²) in [5.41, 5.74) is -0.680. The van der Waals surface area contributed by atoms with Crippen molar-refractivity contribution in [2.45, 2.75) is 6.54 Å². The summed E-state index contributed by atoms with van der Waals surface area (Å²) in [4.78, 5) is 34.0. The largest absolute Gasteiger partial charge is 0.478 e. The van der Waals surface area contributed by atoms with Gasteiger partial charge in [0.2, 0.25) is 0 Å². The normalized spacial score (nSPS) is 10.1. The molecule has 1 heterocycles. The summed E-state index contributed by atoms with van der Waals surface area (Å²) in [6.07, 6.45) is 1.45. The average Bonchev–Trinajstić information content (AvgIpc) is 2.97. The van der Waals surface area contributed by atoms with Crippen LogP contribution in [-0.2, 0) is 6.54 Å². The lowest BCUT2D eigenvalue weighted by Crippen LogP contribution is -2.25. The van der Waals surface area contributed by atoms with Crippen LogP contribution >= 0.6 is 0 Å². The van der Waals surface area contributed by atoms with Gasteiger partial charge in [-0.15, -0.1) is 0 Å². The molecule has 0 bridgehead atoms. The maximum atomic E-state index is 12.0. The van der Waals surface area contributed by atoms with E-state index in [1.54, 1.807) is 12.1 Å². The van der Waals surface area contributed by atoms with Crippen LogP contribution < -0.4 is 5.32 Å². The Morgan fingerprint density at radius 3 is 2.38 bits per heavy atom. The monoisotopic (exact) mass is 289 g/mol. The number of carboxylic acid groups (broad SMARTS) is 2. The molecule has 0 fully saturated rings. The quantitative estimate of drug-likeness (QED) is 0.769. The smallest absolute Gasteiger partial charge is 0.336 e. The molecule has 1 aromatic heterocycles. The molecule has 2 rings (SSSR count). The van der Waals surface area contributed by atoms with Crippen molar-refractivity contribution in [3.63, 3.8) is 0 Å². The van der Waals surface area contributed by atoms with Crippen LogP contribution in [0.2, 0.25) is 0 Å². The molecule has 7 heteroatoms. The average molecular weight is 289 g/mol. The molecule has 3 N–H and O–H groups in total. The molecule has 0 saturated carbocycles. The highest BCUT2D eigenvalue weighted by Crippen LogP contribution is 2.13. The minimum absolute atomic E-state index is 0.103. The van der Waals surface area contributed by atoms with Crippen LogP contribution in [0.4, 0.5) is 0 Å². The predicted molar refractivity (Wildman–Crippen MR) is 70.2 cm³/mol. The number of hydrogen-bond acceptors (Lipinski definition) is 4. The lowest BCUT2D eigenvalue weighted by molar-refractivity contribution is 0.0690. The van der Waals surface area contributed by atoms with E-state index in [1.165, 1.54) is 18.4 Å². The van der Waals surface area contributed by atoms with E-state index in [0.717, 1.165) is 6.07 Å². The minimum Gasteiger partial charge on any atom is -0.478 e. The molecule has 0 radical (unpaired) electrons. The zero-order chi connectivity index (χ0) is 15.4. The standard InChI is InChI=1S/C14H11NO6/c16-12(15-7-9-2-1-5-21-9)10-4-3-8(13(17)18)6-11(10)14(19)20/h1-6H,7H2,(H,15,16)(H,17,18)(H,19,20). The SMILES string of the molecule is O=C(O)c1ccc(C(=O)NCc2ccco2)c(C(=O)O)c1. The Morgan fingerprint density at radius 1 is 1.05 bits per heavy atom. The van der Waals surface area contributed by atoms with Crippen molar-refractivity contribution in [1.82, 2.24) is 5.32 Å². The van der Waals surface area contributed by atoms with Gasteiger partial charge in [0.1, 0.15) is 5.76 Å². The molecule has 2 aromatic rings. The van der Waals surface area contributed by atoms with E-state index in [0.29, 0.717) is 5.76 Å². The zero-order valence-electron chi connectivity index (χ0n) is 10.7. The second-order valence-corrected chi connectivity index (χ2v) is 4.13. The molecule has 0 spiro atoms.